The van der Waals surface area contributed by atoms with Crippen LogP contribution in [0.25, 0.3) is 5.69 Å². The van der Waals surface area contributed by atoms with Gasteiger partial charge in [0.05, 0.1) is 12.2 Å². The molecule has 0 aliphatic rings. The van der Waals surface area contributed by atoms with Gasteiger partial charge in [0.2, 0.25) is 0 Å². The van der Waals surface area contributed by atoms with E-state index in [4.69, 9.17) is 5.84 Å². The second kappa shape index (κ2) is 8.37. The Labute approximate surface area is 162 Å². The zero-order valence-corrected chi connectivity index (χ0v) is 14.7. The van der Waals surface area contributed by atoms with Crippen LogP contribution < -0.4 is 15.9 Å². The Balaban J connectivity index is 1.60. The van der Waals surface area contributed by atoms with Gasteiger partial charge in [-0.1, -0.05) is 10.3 Å². The number of rotatable bonds is 6. The van der Waals surface area contributed by atoms with Crippen molar-refractivity contribution < 1.29 is 22.7 Å². The van der Waals surface area contributed by atoms with Crippen molar-refractivity contribution in [3.05, 3.63) is 66.2 Å². The van der Waals surface area contributed by atoms with Crippen LogP contribution in [0.1, 0.15) is 16.2 Å². The lowest BCUT2D eigenvalue weighted by atomic mass is 10.2. The number of hydrogen-bond donors (Lipinski definition) is 2. The second-order valence-corrected chi connectivity index (χ2v) is 5.60. The van der Waals surface area contributed by atoms with E-state index in [9.17, 15) is 18.0 Å². The van der Waals surface area contributed by atoms with Crippen LogP contribution in [0.5, 0.6) is 5.75 Å². The fourth-order valence-electron chi connectivity index (χ4n) is 2.33. The maximum atomic E-state index is 12.2. The summed E-state index contributed by atoms with van der Waals surface area (Å²) in [4.78, 5) is 15.7. The van der Waals surface area contributed by atoms with Crippen LogP contribution in [-0.2, 0) is 6.54 Å². The lowest BCUT2D eigenvalue weighted by Gasteiger charge is -2.09. The van der Waals surface area contributed by atoms with E-state index in [-0.39, 0.29) is 12.3 Å². The number of nitrogens with zero attached hydrogens (tertiary/aromatic N) is 5. The van der Waals surface area contributed by atoms with Gasteiger partial charge in [-0.05, 0) is 48.5 Å². The topological polar surface area (TPSA) is 120 Å². The van der Waals surface area contributed by atoms with Crippen molar-refractivity contribution in [2.24, 2.45) is 16.2 Å². The maximum absolute atomic E-state index is 12.2. The highest BCUT2D eigenvalue weighted by Crippen LogP contribution is 2.23. The summed E-state index contributed by atoms with van der Waals surface area (Å²) in [5.74, 6) is 4.43. The lowest BCUT2D eigenvalue weighted by molar-refractivity contribution is -0.274. The average Bonchev–Trinajstić information content (AvgIpc) is 3.15. The number of nitrogens with two attached hydrogens (primary N) is 1. The third-order valence-electron chi connectivity index (χ3n) is 3.61. The molecule has 0 fully saturated rings. The molecule has 0 atom stereocenters. The summed E-state index contributed by atoms with van der Waals surface area (Å²) >= 11 is 0. The van der Waals surface area contributed by atoms with Crippen molar-refractivity contribution in [2.45, 2.75) is 12.9 Å². The molecule has 2 aromatic carbocycles. The molecular weight excluding hydrogens is 391 g/mol. The molecule has 0 aliphatic carbocycles. The molecular formula is C17H14F3N7O2. The summed E-state index contributed by atoms with van der Waals surface area (Å²) in [6.07, 6.45) is -3.30. The zero-order chi connectivity index (χ0) is 20.9. The van der Waals surface area contributed by atoms with Crippen LogP contribution in [0.15, 0.2) is 65.2 Å². The molecule has 1 amide bonds. The predicted molar refractivity (Wildman–Crippen MR) is 95.2 cm³/mol. The van der Waals surface area contributed by atoms with E-state index in [1.54, 1.807) is 24.3 Å². The molecule has 0 radical (unpaired) electrons. The molecule has 0 saturated heterocycles. The quantitative estimate of drug-likeness (QED) is 0.369. The van der Waals surface area contributed by atoms with E-state index < -0.39 is 12.3 Å². The number of benzene rings is 2. The number of aromatic nitrogens is 3. The first kappa shape index (κ1) is 19.8. The van der Waals surface area contributed by atoms with Gasteiger partial charge in [-0.15, -0.1) is 18.3 Å². The van der Waals surface area contributed by atoms with Crippen LogP contribution in [0, 0.1) is 0 Å². The molecule has 3 rings (SSSR count). The average molecular weight is 405 g/mol. The number of ether oxygens (including phenoxy) is 1. The molecule has 9 nitrogen and oxygen atoms in total. The van der Waals surface area contributed by atoms with E-state index in [0.29, 0.717) is 17.1 Å². The molecule has 0 bridgehead atoms. The van der Waals surface area contributed by atoms with Gasteiger partial charge in [0.25, 0.3) is 5.91 Å². The number of nitrogens with one attached hydrogen (secondary N) is 1. The van der Waals surface area contributed by atoms with Crippen LogP contribution in [0.4, 0.5) is 18.9 Å². The Morgan fingerprint density at radius 2 is 1.83 bits per heavy atom. The Hall–Kier alpha value is -3.96. The van der Waals surface area contributed by atoms with E-state index in [1.165, 1.54) is 35.3 Å². The van der Waals surface area contributed by atoms with Crippen LogP contribution in [-0.4, -0.2) is 27.0 Å². The fourth-order valence-corrected chi connectivity index (χ4v) is 2.33. The minimum Gasteiger partial charge on any atom is -0.406 e. The first-order chi connectivity index (χ1) is 13.8. The molecule has 0 unspecified atom stereocenters. The molecule has 12 heteroatoms. The summed E-state index contributed by atoms with van der Waals surface area (Å²) < 4.78 is 41.9. The minimum absolute atomic E-state index is 0.290. The van der Waals surface area contributed by atoms with Gasteiger partial charge in [-0.25, -0.2) is 9.67 Å². The normalized spacial score (nSPS) is 11.6. The second-order valence-electron chi connectivity index (χ2n) is 5.60. The van der Waals surface area contributed by atoms with E-state index >= 15 is 0 Å². The van der Waals surface area contributed by atoms with Gasteiger partial charge in [0.1, 0.15) is 12.1 Å². The summed E-state index contributed by atoms with van der Waals surface area (Å²) in [6.45, 7) is 0.290. The van der Waals surface area contributed by atoms with E-state index in [2.05, 4.69) is 30.5 Å². The molecule has 1 heterocycles. The summed E-state index contributed by atoms with van der Waals surface area (Å²) in [6, 6.07) is 11.7. The van der Waals surface area contributed by atoms with Gasteiger partial charge in [0.15, 0.2) is 5.82 Å². The predicted octanol–water partition coefficient (Wildman–Crippen LogP) is 3.24. The van der Waals surface area contributed by atoms with Crippen LogP contribution in [0.3, 0.4) is 0 Å². The number of hydrogen-bond acceptors (Lipinski definition) is 6. The highest BCUT2D eigenvalue weighted by atomic mass is 19.4. The minimum atomic E-state index is -4.74. The monoisotopic (exact) mass is 405 g/mol. The first-order valence-electron chi connectivity index (χ1n) is 8.10. The van der Waals surface area contributed by atoms with Gasteiger partial charge < -0.3 is 15.9 Å². The van der Waals surface area contributed by atoms with E-state index in [0.717, 1.165) is 5.69 Å². The molecule has 0 saturated carbocycles. The molecule has 3 aromatic rings. The number of amides is 1. The maximum Gasteiger partial charge on any atom is 0.573 e. The number of carbonyl (C=O) groups is 1. The first-order valence-corrected chi connectivity index (χ1v) is 8.10. The fraction of sp³-hybridized carbons (Fsp3) is 0.118. The SMILES string of the molecule is NN=NC(=O)c1ccc(NCc2ncn(-c3ccc(OC(F)(F)F)cc3)n2)cc1. The summed E-state index contributed by atoms with van der Waals surface area (Å²) in [5, 5.41) is 13.5. The third kappa shape index (κ3) is 5.51. The number of anilines is 1. The molecule has 0 aliphatic heterocycles. The molecule has 29 heavy (non-hydrogen) atoms. The number of halogens is 3. The molecule has 3 N–H and O–H groups in total. The van der Waals surface area contributed by atoms with E-state index in [1.807, 2.05) is 0 Å². The smallest absolute Gasteiger partial charge is 0.406 e. The Morgan fingerprint density at radius 3 is 2.45 bits per heavy atom. The highest BCUT2D eigenvalue weighted by molar-refractivity contribution is 5.94. The summed E-state index contributed by atoms with van der Waals surface area (Å²) in [7, 11) is 0. The standard InChI is InChI=1S/C17H14F3N7O2/c18-17(19,20)29-14-7-5-13(6-8-14)27-10-23-15(25-27)9-22-12-3-1-11(2-4-12)16(28)24-26-21/h1-8,10,22H,9H2,(H2,21,24,28). The Bertz CT molecular complexity index is 999. The molecule has 1 aromatic heterocycles. The largest absolute Gasteiger partial charge is 0.573 e. The number of alkyl halides is 3. The van der Waals surface area contributed by atoms with Gasteiger partial charge in [-0.2, -0.15) is 0 Å². The van der Waals surface area contributed by atoms with Crippen molar-refractivity contribution in [3.63, 3.8) is 0 Å². The van der Waals surface area contributed by atoms with Gasteiger partial charge in [0, 0.05) is 11.3 Å². The van der Waals surface area contributed by atoms with Crippen LogP contribution in [0.2, 0.25) is 0 Å². The summed E-state index contributed by atoms with van der Waals surface area (Å²) in [5.41, 5.74) is 1.58. The van der Waals surface area contributed by atoms with Crippen molar-refractivity contribution in [3.8, 4) is 11.4 Å². The number of carbonyl (C=O) groups excluding carboxylic acids is 1. The van der Waals surface area contributed by atoms with Crippen molar-refractivity contribution in [1.29, 1.82) is 0 Å². The van der Waals surface area contributed by atoms with Crippen molar-refractivity contribution in [1.82, 2.24) is 14.8 Å². The zero-order valence-electron chi connectivity index (χ0n) is 14.7. The highest BCUT2D eigenvalue weighted by Gasteiger charge is 2.30. The van der Waals surface area contributed by atoms with Crippen molar-refractivity contribution in [2.75, 3.05) is 5.32 Å². The van der Waals surface area contributed by atoms with Crippen molar-refractivity contribution >= 4 is 11.6 Å². The van der Waals surface area contributed by atoms with Gasteiger partial charge >= 0.3 is 6.36 Å². The Kier molecular flexibility index (Phi) is 5.71. The van der Waals surface area contributed by atoms with Gasteiger partial charge in [-0.3, -0.25) is 4.79 Å². The van der Waals surface area contributed by atoms with Crippen LogP contribution >= 0.6 is 0 Å². The molecule has 150 valence electrons. The lowest BCUT2D eigenvalue weighted by Crippen LogP contribution is -2.17. The third-order valence-corrected chi connectivity index (χ3v) is 3.61. The molecule has 0 spiro atoms. The Morgan fingerprint density at radius 1 is 1.14 bits per heavy atom.